The van der Waals surface area contributed by atoms with Crippen molar-refractivity contribution in [1.29, 1.82) is 0 Å². The van der Waals surface area contributed by atoms with Crippen LogP contribution in [0.3, 0.4) is 0 Å². The predicted molar refractivity (Wildman–Crippen MR) is 169 cm³/mol. The van der Waals surface area contributed by atoms with E-state index >= 15 is 0 Å². The van der Waals surface area contributed by atoms with Crippen LogP contribution in [0.5, 0.6) is 11.5 Å². The van der Waals surface area contributed by atoms with Crippen LogP contribution in [0.15, 0.2) is 48.5 Å². The fraction of sp³-hybridized carbons (Fsp3) is 0.370. The molecule has 16 heteroatoms. The summed E-state index contributed by atoms with van der Waals surface area (Å²) in [5.41, 5.74) is 6.76. The van der Waals surface area contributed by atoms with Crippen LogP contribution in [0.4, 0.5) is 0 Å². The highest BCUT2D eigenvalue weighted by Crippen LogP contribution is 2.14. The Morgan fingerprint density at radius 2 is 0.930 bits per heavy atom. The van der Waals surface area contributed by atoms with Crippen molar-refractivity contribution < 1.29 is 39.3 Å². The van der Waals surface area contributed by atoms with E-state index in [1.165, 1.54) is 48.5 Å². The quantitative estimate of drug-likeness (QED) is 0.100. The molecule has 0 spiro atoms. The Morgan fingerprint density at radius 3 is 1.28 bits per heavy atom. The van der Waals surface area contributed by atoms with E-state index in [9.17, 15) is 39.3 Å². The second-order valence-corrected chi connectivity index (χ2v) is 10.6. The van der Waals surface area contributed by atoms with Gasteiger partial charge in [-0.05, 0) is 35.4 Å². The first kappa shape index (κ1) is 35.6. The van der Waals surface area contributed by atoms with E-state index < -0.39 is 59.8 Å². The molecule has 0 saturated carbocycles. The number of nitrogens with one attached hydrogen (secondary N) is 4. The lowest BCUT2D eigenvalue weighted by molar-refractivity contribution is -0.141. The van der Waals surface area contributed by atoms with E-state index in [1.54, 1.807) is 0 Å². The van der Waals surface area contributed by atoms with Gasteiger partial charge in [-0.25, -0.2) is 4.79 Å². The molecular formula is C27H35N5O8S3. The summed E-state index contributed by atoms with van der Waals surface area (Å²) in [4.78, 5) is 63.7. The van der Waals surface area contributed by atoms with Crippen LogP contribution in [0.25, 0.3) is 0 Å². The molecule has 9 N–H and O–H groups in total. The predicted octanol–water partition coefficient (Wildman–Crippen LogP) is -0.976. The highest BCUT2D eigenvalue weighted by Gasteiger charge is 2.31. The van der Waals surface area contributed by atoms with E-state index in [-0.39, 0.29) is 41.6 Å². The maximum atomic E-state index is 13.6. The van der Waals surface area contributed by atoms with Gasteiger partial charge in [0.25, 0.3) is 0 Å². The first-order chi connectivity index (χ1) is 20.4. The Kier molecular flexibility index (Phi) is 14.5. The summed E-state index contributed by atoms with van der Waals surface area (Å²) in [6, 6.07) is 5.62. The number of carboxylic acid groups (broad SMARTS) is 1. The number of phenolic OH excluding ortho intramolecular Hbond substituents is 2. The number of aromatic hydroxyl groups is 2. The molecule has 0 fully saturated rings. The lowest BCUT2D eigenvalue weighted by Gasteiger charge is -2.26. The molecule has 2 rings (SSSR count). The topological polar surface area (TPSA) is 220 Å². The molecule has 0 saturated heterocycles. The average molecular weight is 654 g/mol. The SMILES string of the molecule is N[C@@H](CS)C(=O)N[C@@H](CS)C(=O)N[C@@H](Cc1ccc(O)cc1)C(=O)N[C@@H](Cc1ccc(O)cc1)C(=O)N[C@@H](CS)C(=O)O. The van der Waals surface area contributed by atoms with Gasteiger partial charge in [-0.1, -0.05) is 24.3 Å². The van der Waals surface area contributed by atoms with Crippen molar-refractivity contribution in [1.82, 2.24) is 21.3 Å². The van der Waals surface area contributed by atoms with E-state index in [1.807, 2.05) is 0 Å². The summed E-state index contributed by atoms with van der Waals surface area (Å²) in [5, 5.41) is 38.6. The molecule has 5 atom stereocenters. The minimum atomic E-state index is -1.34. The number of amides is 4. The number of thiol groups is 3. The van der Waals surface area contributed by atoms with Gasteiger partial charge in [0.05, 0.1) is 6.04 Å². The Morgan fingerprint density at radius 1 is 0.581 bits per heavy atom. The Bertz CT molecular complexity index is 1270. The number of rotatable bonds is 16. The minimum Gasteiger partial charge on any atom is -0.508 e. The van der Waals surface area contributed by atoms with Crippen molar-refractivity contribution in [3.63, 3.8) is 0 Å². The third-order valence-electron chi connectivity index (χ3n) is 6.16. The summed E-state index contributed by atoms with van der Waals surface area (Å²) in [6.45, 7) is 0. The Hall–Kier alpha value is -3.60. The highest BCUT2D eigenvalue weighted by molar-refractivity contribution is 7.80. The molecule has 43 heavy (non-hydrogen) atoms. The Labute approximate surface area is 264 Å². The molecule has 0 aromatic heterocycles. The molecule has 234 valence electrons. The maximum absolute atomic E-state index is 13.6. The second kappa shape index (κ2) is 17.5. The number of hydrogen-bond acceptors (Lipinski definition) is 11. The van der Waals surface area contributed by atoms with Crippen LogP contribution in [-0.2, 0) is 36.8 Å². The smallest absolute Gasteiger partial charge is 0.327 e. The van der Waals surface area contributed by atoms with Crippen molar-refractivity contribution in [3.05, 3.63) is 59.7 Å². The third-order valence-corrected chi connectivity index (χ3v) is 7.29. The standard InChI is InChI=1S/C27H35N5O8S3/c28-18(11-41)23(35)31-21(12-42)26(38)30-19(9-14-1-5-16(33)6-2-14)24(36)29-20(10-15-3-7-17(34)8-4-15)25(37)32-22(13-43)27(39)40/h1-8,18-22,33-34,41-43H,9-13,28H2,(H,29,36)(H,30,38)(H,31,35)(H,32,37)(H,39,40)/t18-,19-,20-,21-,22-/m0/s1. The zero-order valence-electron chi connectivity index (χ0n) is 22.8. The molecule has 2 aromatic rings. The maximum Gasteiger partial charge on any atom is 0.327 e. The monoisotopic (exact) mass is 653 g/mol. The average Bonchev–Trinajstić information content (AvgIpc) is 2.98. The van der Waals surface area contributed by atoms with E-state index in [2.05, 4.69) is 59.2 Å². The summed E-state index contributed by atoms with van der Waals surface area (Å²) in [6.07, 6.45) is -0.170. The van der Waals surface area contributed by atoms with Crippen LogP contribution in [0.1, 0.15) is 11.1 Å². The zero-order valence-corrected chi connectivity index (χ0v) is 25.5. The minimum absolute atomic E-state index is 0.0185. The Balaban J connectivity index is 2.36. The van der Waals surface area contributed by atoms with Crippen molar-refractivity contribution in [2.24, 2.45) is 5.73 Å². The third kappa shape index (κ3) is 11.5. The summed E-state index contributed by atoms with van der Waals surface area (Å²) < 4.78 is 0. The second-order valence-electron chi connectivity index (χ2n) is 9.48. The molecule has 2 aromatic carbocycles. The summed E-state index contributed by atoms with van der Waals surface area (Å²) >= 11 is 12.1. The molecule has 0 heterocycles. The highest BCUT2D eigenvalue weighted by atomic mass is 32.1. The van der Waals surface area contributed by atoms with Gasteiger partial charge in [0.15, 0.2) is 0 Å². The molecule has 0 bridgehead atoms. The van der Waals surface area contributed by atoms with Gasteiger partial charge in [0, 0.05) is 30.1 Å². The fourth-order valence-electron chi connectivity index (χ4n) is 3.71. The molecule has 0 aliphatic rings. The number of carboxylic acids is 1. The van der Waals surface area contributed by atoms with Crippen LogP contribution >= 0.6 is 37.9 Å². The molecule has 0 aliphatic heterocycles. The van der Waals surface area contributed by atoms with Gasteiger partial charge in [0.2, 0.25) is 23.6 Å². The summed E-state index contributed by atoms with van der Waals surface area (Å²) in [7, 11) is 0. The van der Waals surface area contributed by atoms with Gasteiger partial charge >= 0.3 is 5.97 Å². The molecule has 0 aliphatic carbocycles. The number of carbonyl (C=O) groups is 5. The number of aliphatic carboxylic acids is 1. The molecule has 0 radical (unpaired) electrons. The van der Waals surface area contributed by atoms with E-state index in [4.69, 9.17) is 5.73 Å². The fourth-order valence-corrected chi connectivity index (χ4v) is 4.38. The molecule has 13 nitrogen and oxygen atoms in total. The largest absolute Gasteiger partial charge is 0.508 e. The van der Waals surface area contributed by atoms with Crippen molar-refractivity contribution in [3.8, 4) is 11.5 Å². The molecule has 4 amide bonds. The van der Waals surface area contributed by atoms with E-state index in [0.29, 0.717) is 11.1 Å². The number of carbonyl (C=O) groups excluding carboxylic acids is 4. The van der Waals surface area contributed by atoms with Crippen molar-refractivity contribution in [2.45, 2.75) is 43.1 Å². The normalized spacial score (nSPS) is 14.3. The van der Waals surface area contributed by atoms with Gasteiger partial charge in [-0.2, -0.15) is 37.9 Å². The lowest BCUT2D eigenvalue weighted by Crippen LogP contribution is -2.59. The molecular weight excluding hydrogens is 619 g/mol. The first-order valence-electron chi connectivity index (χ1n) is 13.0. The van der Waals surface area contributed by atoms with Crippen molar-refractivity contribution >= 4 is 67.5 Å². The van der Waals surface area contributed by atoms with Crippen molar-refractivity contribution in [2.75, 3.05) is 17.3 Å². The summed E-state index contributed by atoms with van der Waals surface area (Å²) in [5.74, 6) is -4.70. The van der Waals surface area contributed by atoms with Gasteiger partial charge in [-0.3, -0.25) is 19.2 Å². The first-order valence-corrected chi connectivity index (χ1v) is 14.9. The van der Waals surface area contributed by atoms with Gasteiger partial charge in [0.1, 0.15) is 35.7 Å². The lowest BCUT2D eigenvalue weighted by atomic mass is 10.0. The number of hydrogen-bond donors (Lipinski definition) is 11. The zero-order chi connectivity index (χ0) is 32.1. The van der Waals surface area contributed by atoms with Gasteiger partial charge in [-0.15, -0.1) is 0 Å². The van der Waals surface area contributed by atoms with Crippen LogP contribution < -0.4 is 27.0 Å². The number of phenols is 2. The van der Waals surface area contributed by atoms with Gasteiger partial charge < -0.3 is 42.3 Å². The van der Waals surface area contributed by atoms with Crippen LogP contribution in [-0.4, -0.2) is 92.4 Å². The number of benzene rings is 2. The van der Waals surface area contributed by atoms with E-state index in [0.717, 1.165) is 0 Å². The molecule has 0 unspecified atom stereocenters. The van der Waals surface area contributed by atoms with Crippen LogP contribution in [0.2, 0.25) is 0 Å². The van der Waals surface area contributed by atoms with Crippen LogP contribution in [0, 0.1) is 0 Å². The number of nitrogens with two attached hydrogens (primary N) is 1.